The Morgan fingerprint density at radius 1 is 0.773 bits per heavy atom. The molecule has 6 heteroatoms. The van der Waals surface area contributed by atoms with E-state index in [9.17, 15) is 4.57 Å². The average Bonchev–Trinajstić information content (AvgIpc) is 2.40. The van der Waals surface area contributed by atoms with Gasteiger partial charge < -0.3 is 9.79 Å². The zero-order valence-electron chi connectivity index (χ0n) is 13.9. The minimum atomic E-state index is -4.35. The average molecular weight is 346 g/mol. The first-order valence-electron chi connectivity index (χ1n) is 8.73. The summed E-state index contributed by atoms with van der Waals surface area (Å²) in [5.74, 6) is 0. The zero-order chi connectivity index (χ0) is 16.0. The standard InChI is InChI=1S/C16H35O4P.Na.H/c1-3-5-7-9-11-13-15-16(20-21(17,18)19)14-12-10-8-6-4-2;;/h16H,3-15H2,1-2H3,(H2,17,18,19);;. The molecule has 0 bridgehead atoms. The minimum absolute atomic E-state index is 0. The number of hydrogen-bond acceptors (Lipinski definition) is 2. The fourth-order valence-corrected chi connectivity index (χ4v) is 3.17. The Morgan fingerprint density at radius 3 is 1.50 bits per heavy atom. The number of phosphoric acid groups is 1. The summed E-state index contributed by atoms with van der Waals surface area (Å²) in [5.41, 5.74) is 0. The molecule has 2 N–H and O–H groups in total. The van der Waals surface area contributed by atoms with E-state index in [1.165, 1.54) is 44.9 Å². The van der Waals surface area contributed by atoms with Crippen LogP contribution in [0.15, 0.2) is 0 Å². The molecule has 4 nitrogen and oxygen atoms in total. The molecule has 0 aliphatic rings. The molecule has 0 aromatic rings. The topological polar surface area (TPSA) is 66.8 Å². The van der Waals surface area contributed by atoms with Crippen LogP contribution < -0.4 is 0 Å². The van der Waals surface area contributed by atoms with Crippen LogP contribution in [0.25, 0.3) is 0 Å². The van der Waals surface area contributed by atoms with Crippen molar-refractivity contribution >= 4 is 37.4 Å². The Morgan fingerprint density at radius 2 is 1.14 bits per heavy atom. The molecule has 0 rings (SSSR count). The van der Waals surface area contributed by atoms with Crippen molar-refractivity contribution in [1.82, 2.24) is 0 Å². The van der Waals surface area contributed by atoms with E-state index >= 15 is 0 Å². The van der Waals surface area contributed by atoms with Gasteiger partial charge in [-0.15, -0.1) is 0 Å². The molecule has 0 saturated carbocycles. The summed E-state index contributed by atoms with van der Waals surface area (Å²) in [4.78, 5) is 18.0. The van der Waals surface area contributed by atoms with E-state index in [4.69, 9.17) is 14.3 Å². The van der Waals surface area contributed by atoms with Gasteiger partial charge in [-0.3, -0.25) is 4.52 Å². The quantitative estimate of drug-likeness (QED) is 0.251. The third kappa shape index (κ3) is 19.2. The normalized spacial score (nSPS) is 12.9. The van der Waals surface area contributed by atoms with Crippen LogP contribution in [0.5, 0.6) is 0 Å². The van der Waals surface area contributed by atoms with Gasteiger partial charge in [-0.1, -0.05) is 84.5 Å². The van der Waals surface area contributed by atoms with Crippen molar-refractivity contribution in [2.75, 3.05) is 0 Å². The van der Waals surface area contributed by atoms with Gasteiger partial charge in [0, 0.05) is 0 Å². The molecule has 0 heterocycles. The van der Waals surface area contributed by atoms with Crippen molar-refractivity contribution in [2.24, 2.45) is 0 Å². The number of unbranched alkanes of at least 4 members (excludes halogenated alkanes) is 9. The van der Waals surface area contributed by atoms with Crippen LogP contribution in [-0.4, -0.2) is 45.4 Å². The van der Waals surface area contributed by atoms with E-state index in [0.717, 1.165) is 38.5 Å². The third-order valence-electron chi connectivity index (χ3n) is 3.80. The second-order valence-electron chi connectivity index (χ2n) is 5.98. The molecule has 0 aromatic heterocycles. The van der Waals surface area contributed by atoms with Crippen LogP contribution in [-0.2, 0) is 9.09 Å². The van der Waals surface area contributed by atoms with E-state index in [2.05, 4.69) is 13.8 Å². The van der Waals surface area contributed by atoms with Crippen molar-refractivity contribution in [1.29, 1.82) is 0 Å². The Labute approximate surface area is 159 Å². The Hall–Kier alpha value is 1.11. The summed E-state index contributed by atoms with van der Waals surface area (Å²) in [6, 6.07) is 0. The summed E-state index contributed by atoms with van der Waals surface area (Å²) < 4.78 is 16.0. The second kappa shape index (κ2) is 17.0. The monoisotopic (exact) mass is 346 g/mol. The first kappa shape index (κ1) is 25.4. The summed E-state index contributed by atoms with van der Waals surface area (Å²) >= 11 is 0. The van der Waals surface area contributed by atoms with Crippen LogP contribution in [0.1, 0.15) is 97.3 Å². The molecule has 0 saturated heterocycles. The van der Waals surface area contributed by atoms with Gasteiger partial charge in [0.1, 0.15) is 0 Å². The molecule has 1 unspecified atom stereocenters. The summed E-state index contributed by atoms with van der Waals surface area (Å²) in [6.45, 7) is 4.38. The van der Waals surface area contributed by atoms with Gasteiger partial charge in [0.15, 0.2) is 0 Å². The van der Waals surface area contributed by atoms with Crippen LogP contribution in [0.3, 0.4) is 0 Å². The van der Waals surface area contributed by atoms with Crippen molar-refractivity contribution in [3.8, 4) is 0 Å². The first-order valence-corrected chi connectivity index (χ1v) is 10.3. The van der Waals surface area contributed by atoms with Gasteiger partial charge in [0.05, 0.1) is 6.10 Å². The molecular weight excluding hydrogens is 310 g/mol. The SMILES string of the molecule is CCCCCCCCC(CCCCCCC)OP(=O)(O)O.[NaH]. The molecule has 130 valence electrons. The Balaban J connectivity index is 0. The third-order valence-corrected chi connectivity index (χ3v) is 4.37. The van der Waals surface area contributed by atoms with Gasteiger partial charge in [0.2, 0.25) is 0 Å². The van der Waals surface area contributed by atoms with Gasteiger partial charge in [-0.05, 0) is 12.8 Å². The van der Waals surface area contributed by atoms with Crippen molar-refractivity contribution in [3.63, 3.8) is 0 Å². The Kier molecular flexibility index (Phi) is 19.5. The summed E-state index contributed by atoms with van der Waals surface area (Å²) in [7, 11) is -4.35. The number of hydrogen-bond donors (Lipinski definition) is 2. The van der Waals surface area contributed by atoms with Gasteiger partial charge >= 0.3 is 37.4 Å². The molecule has 22 heavy (non-hydrogen) atoms. The first-order chi connectivity index (χ1) is 9.99. The second-order valence-corrected chi connectivity index (χ2v) is 7.17. The fraction of sp³-hybridized carbons (Fsp3) is 1.00. The molecule has 0 radical (unpaired) electrons. The number of rotatable bonds is 15. The number of phosphoric ester groups is 1. The van der Waals surface area contributed by atoms with E-state index in [1.54, 1.807) is 0 Å². The van der Waals surface area contributed by atoms with Crippen LogP contribution in [0, 0.1) is 0 Å². The van der Waals surface area contributed by atoms with Crippen molar-refractivity contribution < 1.29 is 18.9 Å². The predicted molar refractivity (Wildman–Crippen MR) is 95.4 cm³/mol. The van der Waals surface area contributed by atoms with Crippen molar-refractivity contribution in [3.05, 3.63) is 0 Å². The molecule has 0 spiro atoms. The van der Waals surface area contributed by atoms with E-state index in [0.29, 0.717) is 0 Å². The van der Waals surface area contributed by atoms with Crippen molar-refractivity contribution in [2.45, 2.75) is 103 Å². The van der Waals surface area contributed by atoms with E-state index in [1.807, 2.05) is 0 Å². The van der Waals surface area contributed by atoms with Gasteiger partial charge in [0.25, 0.3) is 0 Å². The van der Waals surface area contributed by atoms with E-state index < -0.39 is 7.82 Å². The zero-order valence-corrected chi connectivity index (χ0v) is 14.8. The maximum absolute atomic E-state index is 11.0. The molecule has 0 amide bonds. The molecule has 0 fully saturated rings. The predicted octanol–water partition coefficient (Wildman–Crippen LogP) is 4.93. The Bertz CT molecular complexity index is 271. The molecule has 0 aliphatic heterocycles. The van der Waals surface area contributed by atoms with Crippen LogP contribution in [0.2, 0.25) is 0 Å². The molecule has 0 aliphatic carbocycles. The van der Waals surface area contributed by atoms with Gasteiger partial charge in [-0.2, -0.15) is 0 Å². The summed E-state index contributed by atoms with van der Waals surface area (Å²) in [6.07, 6.45) is 14.2. The van der Waals surface area contributed by atoms with Crippen LogP contribution in [0.4, 0.5) is 0 Å². The van der Waals surface area contributed by atoms with Crippen LogP contribution >= 0.6 is 7.82 Å². The molecular formula is C16H36NaO4P. The molecule has 1 atom stereocenters. The fourth-order valence-electron chi connectivity index (χ4n) is 2.57. The molecule has 0 aromatic carbocycles. The van der Waals surface area contributed by atoms with E-state index in [-0.39, 0.29) is 35.7 Å². The van der Waals surface area contributed by atoms with Gasteiger partial charge in [-0.25, -0.2) is 4.57 Å². The maximum atomic E-state index is 11.0. The summed E-state index contributed by atoms with van der Waals surface area (Å²) in [5, 5.41) is 0.